The summed E-state index contributed by atoms with van der Waals surface area (Å²) in [4.78, 5) is 34.5. The monoisotopic (exact) mass is 510 g/mol. The van der Waals surface area contributed by atoms with Gasteiger partial charge in [0, 0.05) is 18.0 Å². The first-order valence-electron chi connectivity index (χ1n) is 12.6. The van der Waals surface area contributed by atoms with Gasteiger partial charge in [0.25, 0.3) is 0 Å². The third-order valence-corrected chi connectivity index (χ3v) is 6.41. The first-order valence-corrected chi connectivity index (χ1v) is 12.6. The van der Waals surface area contributed by atoms with Gasteiger partial charge in [0.15, 0.2) is 0 Å². The molecule has 1 atom stereocenters. The molecule has 1 saturated heterocycles. The molecule has 1 aliphatic heterocycles. The fraction of sp³-hybridized carbons (Fsp3) is 0.483. The number of carbonyl (C=O) groups is 2. The summed E-state index contributed by atoms with van der Waals surface area (Å²) in [7, 11) is 1.59. The largest absolute Gasteiger partial charge is 0.497 e. The van der Waals surface area contributed by atoms with Crippen LogP contribution in [0.5, 0.6) is 11.5 Å². The van der Waals surface area contributed by atoms with Crippen molar-refractivity contribution in [3.8, 4) is 11.5 Å². The maximum atomic E-state index is 13.8. The van der Waals surface area contributed by atoms with Crippen LogP contribution in [0.15, 0.2) is 53.5 Å². The lowest BCUT2D eigenvalue weighted by Crippen LogP contribution is -2.54. The molecule has 0 N–H and O–H groups in total. The molecule has 0 bridgehead atoms. The zero-order valence-electron chi connectivity index (χ0n) is 22.9. The smallest absolute Gasteiger partial charge is 0.331 e. The Morgan fingerprint density at radius 2 is 1.49 bits per heavy atom. The molecule has 2 aromatic rings. The molecule has 1 heterocycles. The molecule has 1 unspecified atom stereocenters. The van der Waals surface area contributed by atoms with Gasteiger partial charge in [-0.3, -0.25) is 9.59 Å². The summed E-state index contributed by atoms with van der Waals surface area (Å²) in [5.74, 6) is -0.385. The summed E-state index contributed by atoms with van der Waals surface area (Å²) >= 11 is 0. The predicted molar refractivity (Wildman–Crippen MR) is 142 cm³/mol. The van der Waals surface area contributed by atoms with Crippen LogP contribution in [-0.2, 0) is 19.1 Å². The van der Waals surface area contributed by atoms with Crippen LogP contribution in [0.25, 0.3) is 0 Å². The average Bonchev–Trinajstić information content (AvgIpc) is 3.20. The molecule has 1 aliphatic rings. The number of hydrogen-bond acceptors (Lipinski definition) is 7. The highest BCUT2D eigenvalue weighted by molar-refractivity contribution is 6.23. The Labute approximate surface area is 219 Å². The van der Waals surface area contributed by atoms with Crippen LogP contribution in [0, 0.1) is 18.3 Å². The van der Waals surface area contributed by atoms with E-state index in [1.165, 1.54) is 0 Å². The third kappa shape index (κ3) is 5.89. The van der Waals surface area contributed by atoms with Gasteiger partial charge in [-0.05, 0) is 77.9 Å². The van der Waals surface area contributed by atoms with Gasteiger partial charge in [-0.1, -0.05) is 17.7 Å². The number of esters is 2. The molecule has 200 valence electrons. The number of aliphatic imine (C=N–C) groups is 1. The number of likely N-dealkylation sites (tertiary alicyclic amines) is 1. The van der Waals surface area contributed by atoms with E-state index in [0.29, 0.717) is 29.6 Å². The standard InChI is InChI=1S/C29H38N2O6/c1-8-35-26(32)29(27(33)36-9-2)21(19-37-24-16-14-23(34-7)15-17-24)18-31(28(4,5)6)25(29)30-22-12-10-20(3)11-13-22/h10-17,21H,8-9,18-19H2,1-7H3. The fourth-order valence-corrected chi connectivity index (χ4v) is 4.46. The minimum Gasteiger partial charge on any atom is -0.497 e. The van der Waals surface area contributed by atoms with Crippen LogP contribution in [-0.4, -0.2) is 61.7 Å². The summed E-state index contributed by atoms with van der Waals surface area (Å²) in [5.41, 5.74) is -0.542. The summed E-state index contributed by atoms with van der Waals surface area (Å²) < 4.78 is 22.4. The summed E-state index contributed by atoms with van der Waals surface area (Å²) in [5, 5.41) is 0. The van der Waals surface area contributed by atoms with Crippen LogP contribution >= 0.6 is 0 Å². The number of amidine groups is 1. The lowest BCUT2D eigenvalue weighted by molar-refractivity contribution is -0.169. The number of methoxy groups -OCH3 is 1. The van der Waals surface area contributed by atoms with Crippen molar-refractivity contribution in [2.24, 2.45) is 16.3 Å². The van der Waals surface area contributed by atoms with E-state index >= 15 is 0 Å². The second-order valence-corrected chi connectivity index (χ2v) is 9.98. The Balaban J connectivity index is 2.17. The molecule has 0 amide bonds. The number of nitrogens with zero attached hydrogens (tertiary/aromatic N) is 2. The Morgan fingerprint density at radius 1 is 0.946 bits per heavy atom. The van der Waals surface area contributed by atoms with Gasteiger partial charge in [0.1, 0.15) is 17.3 Å². The topological polar surface area (TPSA) is 86.7 Å². The lowest BCUT2D eigenvalue weighted by atomic mass is 9.77. The van der Waals surface area contributed by atoms with E-state index in [9.17, 15) is 9.59 Å². The number of benzene rings is 2. The van der Waals surface area contributed by atoms with Crippen molar-refractivity contribution in [3.63, 3.8) is 0 Å². The van der Waals surface area contributed by atoms with Crippen LogP contribution in [0.3, 0.4) is 0 Å². The van der Waals surface area contributed by atoms with E-state index in [1.807, 2.05) is 56.9 Å². The van der Waals surface area contributed by atoms with Crippen LogP contribution in [0.2, 0.25) is 0 Å². The molecule has 37 heavy (non-hydrogen) atoms. The molecule has 3 rings (SSSR count). The van der Waals surface area contributed by atoms with Crippen LogP contribution < -0.4 is 9.47 Å². The number of hydrogen-bond donors (Lipinski definition) is 0. The van der Waals surface area contributed by atoms with E-state index in [1.54, 1.807) is 45.2 Å². The van der Waals surface area contributed by atoms with Crippen molar-refractivity contribution in [2.75, 3.05) is 33.5 Å². The Kier molecular flexibility index (Phi) is 8.84. The van der Waals surface area contributed by atoms with Crippen molar-refractivity contribution in [1.29, 1.82) is 0 Å². The molecular weight excluding hydrogens is 472 g/mol. The zero-order valence-corrected chi connectivity index (χ0v) is 22.9. The first-order chi connectivity index (χ1) is 17.6. The summed E-state index contributed by atoms with van der Waals surface area (Å²) in [6, 6.07) is 14.8. The minimum absolute atomic E-state index is 0.0729. The Bertz CT molecular complexity index is 1080. The SMILES string of the molecule is CCOC(=O)C1(C(=O)OCC)C(=Nc2ccc(C)cc2)N(C(C)(C)C)CC1COc1ccc(OC)cc1. The molecular formula is C29H38N2O6. The molecule has 0 radical (unpaired) electrons. The van der Waals surface area contributed by atoms with Gasteiger partial charge >= 0.3 is 11.9 Å². The van der Waals surface area contributed by atoms with Gasteiger partial charge in [0.05, 0.1) is 32.6 Å². The van der Waals surface area contributed by atoms with Crippen molar-refractivity contribution in [2.45, 2.75) is 47.1 Å². The highest BCUT2D eigenvalue weighted by atomic mass is 16.6. The van der Waals surface area contributed by atoms with Gasteiger partial charge in [-0.25, -0.2) is 4.99 Å². The maximum absolute atomic E-state index is 13.8. The van der Waals surface area contributed by atoms with E-state index in [2.05, 4.69) is 0 Å². The molecule has 8 nitrogen and oxygen atoms in total. The molecule has 8 heteroatoms. The molecule has 0 spiro atoms. The first kappa shape index (κ1) is 28.0. The number of carbonyl (C=O) groups excluding carboxylic acids is 2. The van der Waals surface area contributed by atoms with E-state index in [4.69, 9.17) is 23.9 Å². The highest BCUT2D eigenvalue weighted by Crippen LogP contribution is 2.45. The van der Waals surface area contributed by atoms with Gasteiger partial charge in [-0.2, -0.15) is 0 Å². The van der Waals surface area contributed by atoms with Crippen molar-refractivity contribution < 1.29 is 28.5 Å². The lowest BCUT2D eigenvalue weighted by Gasteiger charge is -2.36. The molecule has 0 aromatic heterocycles. The number of aryl methyl sites for hydroxylation is 1. The van der Waals surface area contributed by atoms with E-state index < -0.39 is 28.8 Å². The molecule has 2 aromatic carbocycles. The quantitative estimate of drug-likeness (QED) is 0.348. The van der Waals surface area contributed by atoms with Crippen LogP contribution in [0.1, 0.15) is 40.2 Å². The molecule has 1 fully saturated rings. The predicted octanol–water partition coefficient (Wildman–Crippen LogP) is 4.96. The number of ether oxygens (including phenoxy) is 4. The maximum Gasteiger partial charge on any atom is 0.331 e. The molecule has 0 saturated carbocycles. The van der Waals surface area contributed by atoms with Gasteiger partial charge < -0.3 is 23.8 Å². The Hall–Kier alpha value is -3.55. The fourth-order valence-electron chi connectivity index (χ4n) is 4.46. The zero-order chi connectivity index (χ0) is 27.2. The van der Waals surface area contributed by atoms with Crippen molar-refractivity contribution >= 4 is 23.5 Å². The number of rotatable bonds is 9. The van der Waals surface area contributed by atoms with Crippen molar-refractivity contribution in [3.05, 3.63) is 54.1 Å². The molecule has 0 aliphatic carbocycles. The van der Waals surface area contributed by atoms with Gasteiger partial charge in [0.2, 0.25) is 5.41 Å². The summed E-state index contributed by atoms with van der Waals surface area (Å²) in [6.45, 7) is 12.1. The van der Waals surface area contributed by atoms with E-state index in [-0.39, 0.29) is 19.8 Å². The minimum atomic E-state index is -1.79. The highest BCUT2D eigenvalue weighted by Gasteiger charge is 2.66. The second kappa shape index (κ2) is 11.7. The summed E-state index contributed by atoms with van der Waals surface area (Å²) in [6.07, 6.45) is 0. The normalized spacial score (nSPS) is 18.0. The third-order valence-electron chi connectivity index (χ3n) is 6.41. The average molecular weight is 511 g/mol. The second-order valence-electron chi connectivity index (χ2n) is 9.98. The van der Waals surface area contributed by atoms with Crippen LogP contribution in [0.4, 0.5) is 5.69 Å². The van der Waals surface area contributed by atoms with E-state index in [0.717, 1.165) is 5.56 Å². The Morgan fingerprint density at radius 3 is 1.97 bits per heavy atom. The van der Waals surface area contributed by atoms with Gasteiger partial charge in [-0.15, -0.1) is 0 Å². The van der Waals surface area contributed by atoms with Crippen molar-refractivity contribution in [1.82, 2.24) is 4.90 Å².